The Bertz CT molecular complexity index is 521. The van der Waals surface area contributed by atoms with Gasteiger partial charge in [-0.05, 0) is 24.6 Å². The van der Waals surface area contributed by atoms with Gasteiger partial charge in [-0.3, -0.25) is 4.79 Å². The summed E-state index contributed by atoms with van der Waals surface area (Å²) in [4.78, 5) is 13.4. The molecule has 102 valence electrons. The zero-order chi connectivity index (χ0) is 13.6. The van der Waals surface area contributed by atoms with Crippen LogP contribution in [0.25, 0.3) is 0 Å². The van der Waals surface area contributed by atoms with Crippen LogP contribution in [-0.4, -0.2) is 32.2 Å². The molecule has 5 nitrogen and oxygen atoms in total. The monoisotopic (exact) mass is 262 g/mol. The second-order valence-corrected chi connectivity index (χ2v) is 5.30. The molecule has 0 aliphatic carbocycles. The fraction of sp³-hybridized carbons (Fsp3) is 0.500. The van der Waals surface area contributed by atoms with Crippen LogP contribution in [0, 0.1) is 0 Å². The molecule has 2 N–H and O–H groups in total. The minimum absolute atomic E-state index is 0.0739. The van der Waals surface area contributed by atoms with Crippen molar-refractivity contribution in [2.75, 3.05) is 25.2 Å². The predicted molar refractivity (Wildman–Crippen MR) is 70.8 cm³/mol. The van der Waals surface area contributed by atoms with Crippen molar-refractivity contribution in [3.8, 4) is 0 Å². The van der Waals surface area contributed by atoms with E-state index >= 15 is 0 Å². The Labute approximate surface area is 112 Å². The van der Waals surface area contributed by atoms with Crippen LogP contribution in [-0.2, 0) is 26.5 Å². The number of likely N-dealkylation sites (N-methyl/N-ethyl adjacent to an activating group) is 1. The lowest BCUT2D eigenvalue weighted by Crippen LogP contribution is -2.46. The van der Waals surface area contributed by atoms with Crippen molar-refractivity contribution in [3.05, 3.63) is 29.3 Å². The highest BCUT2D eigenvalue weighted by Gasteiger charge is 2.35. The number of rotatable bonds is 1. The molecule has 1 fully saturated rings. The number of carbonyl (C=O) groups is 1. The largest absolute Gasteiger partial charge is 0.344 e. The lowest BCUT2D eigenvalue weighted by molar-refractivity contribution is -0.270. The Balaban J connectivity index is 1.91. The highest BCUT2D eigenvalue weighted by atomic mass is 16.7. The van der Waals surface area contributed by atoms with E-state index in [0.717, 1.165) is 16.8 Å². The van der Waals surface area contributed by atoms with Crippen molar-refractivity contribution in [2.24, 2.45) is 5.73 Å². The van der Waals surface area contributed by atoms with Gasteiger partial charge < -0.3 is 20.1 Å². The first-order valence-corrected chi connectivity index (χ1v) is 6.43. The van der Waals surface area contributed by atoms with E-state index in [1.807, 2.05) is 25.1 Å². The molecule has 1 aromatic rings. The standard InChI is InChI=1S/C14H18N2O3/c1-14(18-7-11(15)8-19-14)10-3-4-12-9(5-10)6-13(17)16(12)2/h3-5,11H,6-8,15H2,1-2H3. The van der Waals surface area contributed by atoms with Crippen LogP contribution < -0.4 is 10.6 Å². The number of anilines is 1. The van der Waals surface area contributed by atoms with E-state index in [9.17, 15) is 4.79 Å². The van der Waals surface area contributed by atoms with Gasteiger partial charge in [0.1, 0.15) is 0 Å². The molecule has 0 spiro atoms. The predicted octanol–water partition coefficient (Wildman–Crippen LogP) is 0.752. The lowest BCUT2D eigenvalue weighted by Gasteiger charge is -2.37. The summed E-state index contributed by atoms with van der Waals surface area (Å²) in [5, 5.41) is 0. The first-order valence-electron chi connectivity index (χ1n) is 6.43. The number of carbonyl (C=O) groups excluding carboxylic acids is 1. The minimum Gasteiger partial charge on any atom is -0.344 e. The quantitative estimate of drug-likeness (QED) is 0.811. The number of ether oxygens (including phenoxy) is 2. The zero-order valence-electron chi connectivity index (χ0n) is 11.2. The van der Waals surface area contributed by atoms with Crippen LogP contribution in [0.2, 0.25) is 0 Å². The van der Waals surface area contributed by atoms with Crippen LogP contribution in [0.5, 0.6) is 0 Å². The molecule has 1 aromatic carbocycles. The Kier molecular flexibility index (Phi) is 2.85. The van der Waals surface area contributed by atoms with Crippen LogP contribution in [0.4, 0.5) is 5.69 Å². The van der Waals surface area contributed by atoms with Gasteiger partial charge in [0.25, 0.3) is 0 Å². The number of hydrogen-bond donors (Lipinski definition) is 1. The number of nitrogens with two attached hydrogens (primary N) is 1. The van der Waals surface area contributed by atoms with Gasteiger partial charge in [-0.15, -0.1) is 0 Å². The van der Waals surface area contributed by atoms with Gasteiger partial charge >= 0.3 is 0 Å². The third kappa shape index (κ3) is 2.04. The second kappa shape index (κ2) is 4.30. The molecule has 2 aliphatic rings. The van der Waals surface area contributed by atoms with Crippen molar-refractivity contribution in [1.82, 2.24) is 0 Å². The van der Waals surface area contributed by atoms with Crippen LogP contribution >= 0.6 is 0 Å². The smallest absolute Gasteiger partial charge is 0.231 e. The van der Waals surface area contributed by atoms with Gasteiger partial charge in [0.05, 0.1) is 25.7 Å². The fourth-order valence-electron chi connectivity index (χ4n) is 2.54. The van der Waals surface area contributed by atoms with E-state index in [4.69, 9.17) is 15.2 Å². The summed E-state index contributed by atoms with van der Waals surface area (Å²) in [7, 11) is 1.79. The summed E-state index contributed by atoms with van der Waals surface area (Å²) in [5.74, 6) is -0.653. The molecule has 0 radical (unpaired) electrons. The number of amides is 1. The van der Waals surface area contributed by atoms with Crippen LogP contribution in [0.15, 0.2) is 18.2 Å². The van der Waals surface area contributed by atoms with Crippen LogP contribution in [0.3, 0.4) is 0 Å². The third-order valence-electron chi connectivity index (χ3n) is 3.83. The summed E-state index contributed by atoms with van der Waals surface area (Å²) in [6.07, 6.45) is 0.440. The highest BCUT2D eigenvalue weighted by molar-refractivity contribution is 6.00. The van der Waals surface area contributed by atoms with Crippen molar-refractivity contribution >= 4 is 11.6 Å². The van der Waals surface area contributed by atoms with E-state index < -0.39 is 5.79 Å². The molecule has 3 rings (SSSR count). The normalized spacial score (nSPS) is 30.6. The molecule has 0 aromatic heterocycles. The number of fused-ring (bicyclic) bond motifs is 1. The summed E-state index contributed by atoms with van der Waals surface area (Å²) in [5.41, 5.74) is 8.68. The first-order chi connectivity index (χ1) is 8.99. The van der Waals surface area contributed by atoms with Crippen molar-refractivity contribution in [3.63, 3.8) is 0 Å². The molecule has 1 saturated heterocycles. The first kappa shape index (κ1) is 12.6. The summed E-state index contributed by atoms with van der Waals surface area (Å²) in [6, 6.07) is 5.82. The number of hydrogen-bond acceptors (Lipinski definition) is 4. The van der Waals surface area contributed by atoms with E-state index in [-0.39, 0.29) is 11.9 Å². The zero-order valence-corrected chi connectivity index (χ0v) is 11.2. The maximum absolute atomic E-state index is 11.7. The molecule has 0 atom stereocenters. The van der Waals surface area contributed by atoms with Gasteiger partial charge in [0, 0.05) is 18.3 Å². The Morgan fingerprint density at radius 3 is 2.74 bits per heavy atom. The van der Waals surface area contributed by atoms with Gasteiger partial charge in [-0.2, -0.15) is 0 Å². The average molecular weight is 262 g/mol. The topological polar surface area (TPSA) is 64.8 Å². The maximum atomic E-state index is 11.7. The molecule has 19 heavy (non-hydrogen) atoms. The summed E-state index contributed by atoms with van der Waals surface area (Å²) in [6.45, 7) is 2.85. The van der Waals surface area contributed by atoms with E-state index in [2.05, 4.69) is 0 Å². The molecule has 0 saturated carbocycles. The minimum atomic E-state index is -0.769. The molecule has 5 heteroatoms. The lowest BCUT2D eigenvalue weighted by atomic mass is 10.0. The highest BCUT2D eigenvalue weighted by Crippen LogP contribution is 2.35. The van der Waals surface area contributed by atoms with Crippen LogP contribution in [0.1, 0.15) is 18.1 Å². The molecule has 2 heterocycles. The summed E-state index contributed by atoms with van der Waals surface area (Å²) >= 11 is 0. The average Bonchev–Trinajstić information content (AvgIpc) is 2.68. The van der Waals surface area contributed by atoms with Gasteiger partial charge in [0.15, 0.2) is 5.79 Å². The van der Waals surface area contributed by atoms with Crippen molar-refractivity contribution < 1.29 is 14.3 Å². The van der Waals surface area contributed by atoms with E-state index in [0.29, 0.717) is 19.6 Å². The second-order valence-electron chi connectivity index (χ2n) is 5.30. The molecule has 0 unspecified atom stereocenters. The fourth-order valence-corrected chi connectivity index (χ4v) is 2.54. The molecule has 1 amide bonds. The van der Waals surface area contributed by atoms with Crippen molar-refractivity contribution in [2.45, 2.75) is 25.2 Å². The number of nitrogens with zero attached hydrogens (tertiary/aromatic N) is 1. The van der Waals surface area contributed by atoms with Gasteiger partial charge in [-0.1, -0.05) is 6.07 Å². The molecule has 2 aliphatic heterocycles. The molecular formula is C14H18N2O3. The van der Waals surface area contributed by atoms with Crippen molar-refractivity contribution in [1.29, 1.82) is 0 Å². The van der Waals surface area contributed by atoms with E-state index in [1.54, 1.807) is 11.9 Å². The van der Waals surface area contributed by atoms with Gasteiger partial charge in [0.2, 0.25) is 5.91 Å². The number of benzene rings is 1. The van der Waals surface area contributed by atoms with E-state index in [1.165, 1.54) is 0 Å². The Morgan fingerprint density at radius 2 is 2.05 bits per heavy atom. The summed E-state index contributed by atoms with van der Waals surface area (Å²) < 4.78 is 11.5. The molecule has 0 bridgehead atoms. The van der Waals surface area contributed by atoms with Gasteiger partial charge in [-0.25, -0.2) is 0 Å². The third-order valence-corrected chi connectivity index (χ3v) is 3.83. The SMILES string of the molecule is CN1C(=O)Cc2cc(C3(C)OCC(N)CO3)ccc21. The Hall–Kier alpha value is -1.43. The maximum Gasteiger partial charge on any atom is 0.231 e. The Morgan fingerprint density at radius 1 is 1.37 bits per heavy atom. The molecular weight excluding hydrogens is 244 g/mol.